The number of alkyl halides is 3. The van der Waals surface area contributed by atoms with Gasteiger partial charge in [0.05, 0.1) is 23.0 Å². The summed E-state index contributed by atoms with van der Waals surface area (Å²) in [7, 11) is -5.61. The van der Waals surface area contributed by atoms with Gasteiger partial charge in [-0.2, -0.15) is 26.9 Å². The van der Waals surface area contributed by atoms with Crippen LogP contribution in [0.15, 0.2) is 47.6 Å². The van der Waals surface area contributed by atoms with E-state index in [2.05, 4.69) is 5.16 Å². The molecule has 0 saturated carbocycles. The highest BCUT2D eigenvalue weighted by molar-refractivity contribution is 7.93. The van der Waals surface area contributed by atoms with Gasteiger partial charge >= 0.3 is 15.5 Å². The van der Waals surface area contributed by atoms with E-state index in [9.17, 15) is 21.6 Å². The summed E-state index contributed by atoms with van der Waals surface area (Å²) >= 11 is 5.86. The molecule has 148 valence electrons. The van der Waals surface area contributed by atoms with Gasteiger partial charge < -0.3 is 4.84 Å². The minimum Gasteiger partial charge on any atom is -0.391 e. The highest BCUT2D eigenvalue weighted by Crippen LogP contribution is 2.28. The molecule has 0 aliphatic carbocycles. The smallest absolute Gasteiger partial charge is 0.391 e. The third kappa shape index (κ3) is 5.37. The maximum absolute atomic E-state index is 12.6. The van der Waals surface area contributed by atoms with Crippen molar-refractivity contribution in [1.82, 2.24) is 0 Å². The molecule has 0 atom stereocenters. The Kier molecular flexibility index (Phi) is 6.53. The first-order valence-electron chi connectivity index (χ1n) is 7.58. The fraction of sp³-hybridized carbons (Fsp3) is 0.176. The zero-order valence-electron chi connectivity index (χ0n) is 14.3. The summed E-state index contributed by atoms with van der Waals surface area (Å²) in [6.45, 7) is 1.46. The summed E-state index contributed by atoms with van der Waals surface area (Å²) in [4.78, 5) is 5.16. The van der Waals surface area contributed by atoms with Crippen LogP contribution in [0.25, 0.3) is 0 Å². The lowest BCUT2D eigenvalue weighted by Gasteiger charge is -2.14. The molecule has 0 aromatic heterocycles. The van der Waals surface area contributed by atoms with Crippen LogP contribution in [0.4, 0.5) is 18.9 Å². The van der Waals surface area contributed by atoms with E-state index in [1.807, 2.05) is 6.07 Å². The Morgan fingerprint density at radius 1 is 1.25 bits per heavy atom. The Bertz CT molecular complexity index is 1030. The summed E-state index contributed by atoms with van der Waals surface area (Å²) in [6, 6.07) is 12.1. The lowest BCUT2D eigenvalue weighted by atomic mass is 10.1. The molecular formula is C17H13ClF3N3O3S. The quantitative estimate of drug-likeness (QED) is 0.541. The van der Waals surface area contributed by atoms with E-state index in [1.54, 1.807) is 24.3 Å². The van der Waals surface area contributed by atoms with Crippen molar-refractivity contribution in [2.45, 2.75) is 19.0 Å². The van der Waals surface area contributed by atoms with Gasteiger partial charge in [0.15, 0.2) is 0 Å². The molecule has 2 rings (SSSR count). The Morgan fingerprint density at radius 3 is 2.46 bits per heavy atom. The summed E-state index contributed by atoms with van der Waals surface area (Å²) in [6.07, 6.45) is 0. The maximum atomic E-state index is 12.6. The van der Waals surface area contributed by atoms with E-state index in [0.717, 1.165) is 6.07 Å². The van der Waals surface area contributed by atoms with E-state index < -0.39 is 15.5 Å². The molecule has 0 heterocycles. The van der Waals surface area contributed by atoms with E-state index >= 15 is 0 Å². The molecule has 6 nitrogen and oxygen atoms in total. The SMILES string of the molecule is C/C(=N\OCc1ccc(C#N)cc1)c1cc(Cl)ccc1NS(=O)(=O)C(F)(F)F. The second kappa shape index (κ2) is 8.50. The van der Waals surface area contributed by atoms with Crippen LogP contribution in [-0.4, -0.2) is 19.6 Å². The van der Waals surface area contributed by atoms with Gasteiger partial charge in [0.25, 0.3) is 0 Å². The minimum absolute atomic E-state index is 0.0279. The number of nitrogens with zero attached hydrogens (tertiary/aromatic N) is 2. The summed E-state index contributed by atoms with van der Waals surface area (Å²) < 4.78 is 62.1. The van der Waals surface area contributed by atoms with Gasteiger partial charge in [0.2, 0.25) is 0 Å². The second-order valence-corrected chi connectivity index (χ2v) is 7.61. The molecular weight excluding hydrogens is 419 g/mol. The van der Waals surface area contributed by atoms with Crippen molar-refractivity contribution >= 4 is 33.0 Å². The molecule has 0 aliphatic rings. The van der Waals surface area contributed by atoms with Crippen LogP contribution in [0.2, 0.25) is 5.02 Å². The number of hydrogen-bond acceptors (Lipinski definition) is 5. The van der Waals surface area contributed by atoms with Gasteiger partial charge in [-0.15, -0.1) is 0 Å². The molecule has 2 aromatic rings. The molecule has 0 aliphatic heterocycles. The normalized spacial score (nSPS) is 12.4. The minimum atomic E-state index is -5.61. The Balaban J connectivity index is 2.21. The van der Waals surface area contributed by atoms with E-state index in [-0.39, 0.29) is 28.6 Å². The average molecular weight is 432 g/mol. The molecule has 0 bridgehead atoms. The van der Waals surface area contributed by atoms with Crippen molar-refractivity contribution < 1.29 is 26.4 Å². The van der Waals surface area contributed by atoms with Crippen LogP contribution < -0.4 is 4.72 Å². The van der Waals surface area contributed by atoms with Crippen molar-refractivity contribution in [3.63, 3.8) is 0 Å². The Labute approximate surface area is 164 Å². The number of nitrogens with one attached hydrogen (secondary N) is 1. The van der Waals surface area contributed by atoms with Crippen LogP contribution in [0.5, 0.6) is 0 Å². The number of sulfonamides is 1. The van der Waals surface area contributed by atoms with Gasteiger partial charge in [-0.3, -0.25) is 4.72 Å². The Hall–Kier alpha value is -2.77. The fourth-order valence-corrected chi connectivity index (χ4v) is 2.79. The highest BCUT2D eigenvalue weighted by Gasteiger charge is 2.46. The van der Waals surface area contributed by atoms with Crippen molar-refractivity contribution in [2.75, 3.05) is 4.72 Å². The lowest BCUT2D eigenvalue weighted by Crippen LogP contribution is -2.30. The monoisotopic (exact) mass is 431 g/mol. The first-order chi connectivity index (χ1) is 13.0. The Morgan fingerprint density at radius 2 is 1.89 bits per heavy atom. The zero-order valence-corrected chi connectivity index (χ0v) is 15.9. The molecule has 2 aromatic carbocycles. The molecule has 1 N–H and O–H groups in total. The number of anilines is 1. The topological polar surface area (TPSA) is 91.5 Å². The van der Waals surface area contributed by atoms with Crippen LogP contribution >= 0.6 is 11.6 Å². The molecule has 0 spiro atoms. The van der Waals surface area contributed by atoms with Gasteiger partial charge in [-0.05, 0) is 42.8 Å². The average Bonchev–Trinajstić information content (AvgIpc) is 2.62. The van der Waals surface area contributed by atoms with Crippen molar-refractivity contribution in [3.05, 3.63) is 64.2 Å². The van der Waals surface area contributed by atoms with Gasteiger partial charge in [0, 0.05) is 10.6 Å². The van der Waals surface area contributed by atoms with Crippen LogP contribution in [0, 0.1) is 11.3 Å². The number of nitriles is 1. The molecule has 0 fully saturated rings. The lowest BCUT2D eigenvalue weighted by molar-refractivity contribution is -0.0429. The van der Waals surface area contributed by atoms with Crippen molar-refractivity contribution in [3.8, 4) is 6.07 Å². The largest absolute Gasteiger partial charge is 0.516 e. The molecule has 0 saturated heterocycles. The number of rotatable bonds is 6. The van der Waals surface area contributed by atoms with Crippen LogP contribution in [0.1, 0.15) is 23.6 Å². The fourth-order valence-electron chi connectivity index (χ4n) is 2.04. The maximum Gasteiger partial charge on any atom is 0.516 e. The standard InChI is InChI=1S/C17H13ClF3N3O3S/c1-11(23-27-10-13-4-2-12(9-22)3-5-13)15-8-14(18)6-7-16(15)24-28(25,26)17(19,20)21/h2-8,24H,10H2,1H3/b23-11+. The van der Waals surface area contributed by atoms with Gasteiger partial charge in [0.1, 0.15) is 6.61 Å². The predicted octanol–water partition coefficient (Wildman–Crippen LogP) is 4.41. The van der Waals surface area contributed by atoms with E-state index in [0.29, 0.717) is 11.1 Å². The van der Waals surface area contributed by atoms with E-state index in [1.165, 1.54) is 23.8 Å². The predicted molar refractivity (Wildman–Crippen MR) is 98.2 cm³/mol. The molecule has 0 amide bonds. The van der Waals surface area contributed by atoms with E-state index in [4.69, 9.17) is 21.7 Å². The molecule has 0 unspecified atom stereocenters. The number of oxime groups is 1. The van der Waals surface area contributed by atoms with Gasteiger partial charge in [-0.25, -0.2) is 0 Å². The van der Waals surface area contributed by atoms with Crippen molar-refractivity contribution in [2.24, 2.45) is 5.16 Å². The zero-order chi connectivity index (χ0) is 20.9. The summed E-state index contributed by atoms with van der Waals surface area (Å²) in [5.41, 5.74) is -4.49. The molecule has 11 heteroatoms. The third-order valence-corrected chi connectivity index (χ3v) is 4.77. The third-order valence-electron chi connectivity index (χ3n) is 3.44. The first-order valence-corrected chi connectivity index (χ1v) is 9.44. The van der Waals surface area contributed by atoms with Crippen molar-refractivity contribution in [1.29, 1.82) is 5.26 Å². The highest BCUT2D eigenvalue weighted by atomic mass is 35.5. The summed E-state index contributed by atoms with van der Waals surface area (Å²) in [5.74, 6) is 0. The van der Waals surface area contributed by atoms with Crippen LogP contribution in [-0.2, 0) is 21.5 Å². The number of benzene rings is 2. The molecule has 28 heavy (non-hydrogen) atoms. The van der Waals surface area contributed by atoms with Gasteiger partial charge in [-0.1, -0.05) is 28.9 Å². The number of hydrogen-bond donors (Lipinski definition) is 1. The molecule has 0 radical (unpaired) electrons. The first kappa shape index (κ1) is 21.5. The second-order valence-electron chi connectivity index (χ2n) is 5.50. The van der Waals surface area contributed by atoms with Crippen LogP contribution in [0.3, 0.4) is 0 Å². The summed E-state index contributed by atoms with van der Waals surface area (Å²) in [5, 5.41) is 12.7. The number of halogens is 4.